The smallest absolute Gasteiger partial charge is 0.00493 e. The summed E-state index contributed by atoms with van der Waals surface area (Å²) in [4.78, 5) is 0. The maximum Gasteiger partial charge on any atom is -0.00493 e. The van der Waals surface area contributed by atoms with Gasteiger partial charge in [0.15, 0.2) is 0 Å². The van der Waals surface area contributed by atoms with E-state index in [0.29, 0.717) is 5.92 Å². The molecule has 0 aliphatic carbocycles. The van der Waals surface area contributed by atoms with E-state index in [1.807, 2.05) is 7.05 Å². The molecule has 0 unspecified atom stereocenters. The third-order valence-corrected chi connectivity index (χ3v) is 3.05. The van der Waals surface area contributed by atoms with Crippen LogP contribution in [0, 0.1) is 11.8 Å². The van der Waals surface area contributed by atoms with E-state index in [9.17, 15) is 0 Å². The number of hydrogen-bond acceptors (Lipinski definition) is 1. The van der Waals surface area contributed by atoms with Crippen molar-refractivity contribution in [1.29, 1.82) is 0 Å². The minimum atomic E-state index is 0.691. The molecular weight excluding hydrogens is 170 g/mol. The molecule has 1 nitrogen and oxygen atoms in total. The van der Waals surface area contributed by atoms with Crippen LogP contribution in [-0.2, 0) is 0 Å². The summed E-state index contributed by atoms with van der Waals surface area (Å²) in [7, 11) is 2.03. The molecule has 14 heavy (non-hydrogen) atoms. The Hall–Kier alpha value is -0.300. The van der Waals surface area contributed by atoms with Crippen LogP contribution in [0.1, 0.15) is 46.0 Å². The van der Waals surface area contributed by atoms with Crippen LogP contribution in [0.5, 0.6) is 0 Å². The fourth-order valence-electron chi connectivity index (χ4n) is 1.75. The predicted molar refractivity (Wildman–Crippen MR) is 65.5 cm³/mol. The molecule has 1 N–H and O–H groups in total. The Bertz CT molecular complexity index is 131. The molecule has 0 aliphatic rings. The summed E-state index contributed by atoms with van der Waals surface area (Å²) in [6.45, 7) is 9.53. The van der Waals surface area contributed by atoms with Crippen LogP contribution in [0.2, 0.25) is 0 Å². The van der Waals surface area contributed by atoms with Crippen molar-refractivity contribution < 1.29 is 0 Å². The summed E-state index contributed by atoms with van der Waals surface area (Å²) in [6, 6.07) is 0. The second-order valence-electron chi connectivity index (χ2n) is 4.31. The molecule has 0 radical (unpaired) electrons. The van der Waals surface area contributed by atoms with Crippen LogP contribution < -0.4 is 5.32 Å². The first kappa shape index (κ1) is 13.7. The Balaban J connectivity index is 3.46. The Labute approximate surface area is 90.0 Å². The molecule has 0 heterocycles. The summed E-state index contributed by atoms with van der Waals surface area (Å²) in [6.07, 6.45) is 8.76. The van der Waals surface area contributed by atoms with Crippen molar-refractivity contribution in [2.24, 2.45) is 11.8 Å². The van der Waals surface area contributed by atoms with Gasteiger partial charge in [-0.1, -0.05) is 39.2 Å². The molecule has 0 amide bonds. The van der Waals surface area contributed by atoms with Gasteiger partial charge < -0.3 is 5.32 Å². The topological polar surface area (TPSA) is 12.0 Å². The van der Waals surface area contributed by atoms with Crippen molar-refractivity contribution in [1.82, 2.24) is 5.32 Å². The standard InChI is InChI=1S/C13H27N/c1-5-12(3)8-7-9-13(6-2)10-11-14-4/h5,12-14H,1,6-11H2,2-4H3/t12-,13+/m0/s1. The lowest BCUT2D eigenvalue weighted by atomic mass is 9.93. The van der Waals surface area contributed by atoms with E-state index in [1.165, 1.54) is 32.1 Å². The van der Waals surface area contributed by atoms with Crippen LogP contribution in [0.3, 0.4) is 0 Å². The first-order valence-electron chi connectivity index (χ1n) is 6.01. The molecule has 0 saturated carbocycles. The minimum Gasteiger partial charge on any atom is -0.320 e. The van der Waals surface area contributed by atoms with Crippen LogP contribution >= 0.6 is 0 Å². The Morgan fingerprint density at radius 1 is 1.29 bits per heavy atom. The average molecular weight is 197 g/mol. The van der Waals surface area contributed by atoms with Crippen molar-refractivity contribution in [3.05, 3.63) is 12.7 Å². The van der Waals surface area contributed by atoms with Gasteiger partial charge >= 0.3 is 0 Å². The minimum absolute atomic E-state index is 0.691. The van der Waals surface area contributed by atoms with Crippen LogP contribution in [0.4, 0.5) is 0 Å². The molecule has 84 valence electrons. The van der Waals surface area contributed by atoms with Crippen molar-refractivity contribution in [3.8, 4) is 0 Å². The third kappa shape index (κ3) is 7.14. The normalized spacial score (nSPS) is 15.1. The SMILES string of the molecule is C=C[C@H](C)CCC[C@@H](CC)CCNC. The van der Waals surface area contributed by atoms with Crippen molar-refractivity contribution in [2.45, 2.75) is 46.0 Å². The number of hydrogen-bond donors (Lipinski definition) is 1. The third-order valence-electron chi connectivity index (χ3n) is 3.05. The Morgan fingerprint density at radius 2 is 2.00 bits per heavy atom. The van der Waals surface area contributed by atoms with Crippen LogP contribution in [-0.4, -0.2) is 13.6 Å². The maximum atomic E-state index is 3.82. The molecule has 0 spiro atoms. The fourth-order valence-corrected chi connectivity index (χ4v) is 1.75. The zero-order valence-corrected chi connectivity index (χ0v) is 10.2. The highest BCUT2D eigenvalue weighted by molar-refractivity contribution is 4.75. The van der Waals surface area contributed by atoms with Crippen LogP contribution in [0.15, 0.2) is 12.7 Å². The molecule has 0 rings (SSSR count). The molecular formula is C13H27N. The predicted octanol–water partition coefficient (Wildman–Crippen LogP) is 3.61. The molecule has 2 atom stereocenters. The largest absolute Gasteiger partial charge is 0.320 e. The molecule has 0 aliphatic heterocycles. The summed E-state index contributed by atoms with van der Waals surface area (Å²) in [5.41, 5.74) is 0. The highest BCUT2D eigenvalue weighted by atomic mass is 14.8. The Kier molecular flexibility index (Phi) is 9.06. The van der Waals surface area contributed by atoms with Crippen molar-refractivity contribution in [2.75, 3.05) is 13.6 Å². The van der Waals surface area contributed by atoms with Gasteiger partial charge in [-0.2, -0.15) is 0 Å². The van der Waals surface area contributed by atoms with Crippen LogP contribution in [0.25, 0.3) is 0 Å². The van der Waals surface area contributed by atoms with Gasteiger partial charge in [0.2, 0.25) is 0 Å². The van der Waals surface area contributed by atoms with E-state index in [4.69, 9.17) is 0 Å². The van der Waals surface area contributed by atoms with Gasteiger partial charge in [-0.25, -0.2) is 0 Å². The summed E-state index contributed by atoms with van der Waals surface area (Å²) in [5, 5.41) is 3.23. The summed E-state index contributed by atoms with van der Waals surface area (Å²) >= 11 is 0. The summed E-state index contributed by atoms with van der Waals surface area (Å²) in [5.74, 6) is 1.61. The van der Waals surface area contributed by atoms with E-state index in [0.717, 1.165) is 12.5 Å². The molecule has 0 aromatic heterocycles. The molecule has 0 aromatic rings. The zero-order chi connectivity index (χ0) is 10.8. The lowest BCUT2D eigenvalue weighted by Gasteiger charge is -2.15. The molecule has 0 bridgehead atoms. The highest BCUT2D eigenvalue weighted by Gasteiger charge is 2.06. The monoisotopic (exact) mass is 197 g/mol. The number of allylic oxidation sites excluding steroid dienone is 1. The molecule has 1 heteroatoms. The van der Waals surface area contributed by atoms with Gasteiger partial charge in [0.05, 0.1) is 0 Å². The molecule has 0 aromatic carbocycles. The summed E-state index contributed by atoms with van der Waals surface area (Å²) < 4.78 is 0. The van der Waals surface area contributed by atoms with Gasteiger partial charge in [0.1, 0.15) is 0 Å². The van der Waals surface area contributed by atoms with Crippen molar-refractivity contribution in [3.63, 3.8) is 0 Å². The number of nitrogens with one attached hydrogen (secondary N) is 1. The van der Waals surface area contributed by atoms with E-state index >= 15 is 0 Å². The second-order valence-corrected chi connectivity index (χ2v) is 4.31. The van der Waals surface area contributed by atoms with E-state index in [2.05, 4.69) is 31.8 Å². The average Bonchev–Trinajstić information content (AvgIpc) is 2.22. The van der Waals surface area contributed by atoms with Gasteiger partial charge in [0, 0.05) is 0 Å². The first-order chi connectivity index (χ1) is 6.74. The molecule has 0 saturated heterocycles. The van der Waals surface area contributed by atoms with Crippen molar-refractivity contribution >= 4 is 0 Å². The lowest BCUT2D eigenvalue weighted by Crippen LogP contribution is -2.13. The fraction of sp³-hybridized carbons (Fsp3) is 0.846. The zero-order valence-electron chi connectivity index (χ0n) is 10.2. The van der Waals surface area contributed by atoms with E-state index < -0.39 is 0 Å². The molecule has 0 fully saturated rings. The highest BCUT2D eigenvalue weighted by Crippen LogP contribution is 2.18. The quantitative estimate of drug-likeness (QED) is 0.557. The number of rotatable bonds is 9. The van der Waals surface area contributed by atoms with E-state index in [1.54, 1.807) is 0 Å². The van der Waals surface area contributed by atoms with E-state index in [-0.39, 0.29) is 0 Å². The lowest BCUT2D eigenvalue weighted by molar-refractivity contribution is 0.402. The van der Waals surface area contributed by atoms with Gasteiger partial charge in [-0.15, -0.1) is 6.58 Å². The Morgan fingerprint density at radius 3 is 2.50 bits per heavy atom. The maximum absolute atomic E-state index is 3.82. The first-order valence-corrected chi connectivity index (χ1v) is 6.01. The second kappa shape index (κ2) is 9.26. The van der Waals surface area contributed by atoms with Gasteiger partial charge in [-0.05, 0) is 38.3 Å². The van der Waals surface area contributed by atoms with Gasteiger partial charge in [0.25, 0.3) is 0 Å². The van der Waals surface area contributed by atoms with Gasteiger partial charge in [-0.3, -0.25) is 0 Å².